The van der Waals surface area contributed by atoms with Crippen LogP contribution in [-0.4, -0.2) is 38.6 Å². The van der Waals surface area contributed by atoms with Crippen molar-refractivity contribution in [1.82, 2.24) is 14.6 Å². The van der Waals surface area contributed by atoms with E-state index in [0.29, 0.717) is 5.75 Å². The molecule has 1 aromatic heterocycles. The molecule has 26 heavy (non-hydrogen) atoms. The highest BCUT2D eigenvalue weighted by Gasteiger charge is 2.28. The second kappa shape index (κ2) is 8.88. The zero-order valence-corrected chi connectivity index (χ0v) is 16.8. The van der Waals surface area contributed by atoms with Crippen LogP contribution in [0.3, 0.4) is 0 Å². The van der Waals surface area contributed by atoms with E-state index in [0.717, 1.165) is 21.9 Å². The van der Waals surface area contributed by atoms with E-state index in [2.05, 4.69) is 10.3 Å². The first-order valence-corrected chi connectivity index (χ1v) is 8.96. The largest absolute Gasteiger partial charge is 0.444 e. The molecule has 0 spiro atoms. The van der Waals surface area contributed by atoms with E-state index in [9.17, 15) is 9.59 Å². The van der Waals surface area contributed by atoms with Crippen molar-refractivity contribution in [3.8, 4) is 0 Å². The Hall–Kier alpha value is -2.29. The molecule has 0 radical (unpaired) electrons. The lowest BCUT2D eigenvalue weighted by atomic mass is 10.2. The molecule has 9 heteroatoms. The third-order valence-electron chi connectivity index (χ3n) is 2.45. The fourth-order valence-corrected chi connectivity index (χ4v) is 2.33. The van der Waals surface area contributed by atoms with E-state index in [1.54, 1.807) is 59.9 Å². The fourth-order valence-electron chi connectivity index (χ4n) is 1.58. The van der Waals surface area contributed by atoms with Crippen molar-refractivity contribution >= 4 is 30.1 Å². The van der Waals surface area contributed by atoms with Crippen LogP contribution in [0.5, 0.6) is 0 Å². The number of nitrogens with one attached hydrogen (secondary N) is 2. The fraction of sp³-hybridized carbons (Fsp3) is 0.529. The highest BCUT2D eigenvalue weighted by atomic mass is 32.2. The van der Waals surface area contributed by atoms with Gasteiger partial charge in [-0.25, -0.2) is 9.59 Å². The lowest BCUT2D eigenvalue weighted by molar-refractivity contribution is 0.0463. The van der Waals surface area contributed by atoms with Gasteiger partial charge in [0, 0.05) is 6.20 Å². The Labute approximate surface area is 158 Å². The summed E-state index contributed by atoms with van der Waals surface area (Å²) in [5, 5.41) is 10.3. The van der Waals surface area contributed by atoms with Gasteiger partial charge < -0.3 is 9.47 Å². The van der Waals surface area contributed by atoms with Crippen LogP contribution in [0.15, 0.2) is 24.4 Å². The van der Waals surface area contributed by atoms with Crippen LogP contribution in [0.2, 0.25) is 0 Å². The first-order chi connectivity index (χ1) is 11.9. The molecule has 8 nitrogen and oxygen atoms in total. The molecular formula is C17H26N4O4S. The number of hydrogen-bond donors (Lipinski definition) is 2. The van der Waals surface area contributed by atoms with E-state index in [-0.39, 0.29) is 0 Å². The first-order valence-electron chi connectivity index (χ1n) is 8.02. The van der Waals surface area contributed by atoms with Crippen LogP contribution in [-0.2, 0) is 15.2 Å². The number of hydrogen-bond acceptors (Lipinski definition) is 7. The van der Waals surface area contributed by atoms with E-state index in [1.807, 2.05) is 6.07 Å². The topological polar surface area (TPSA) is 105 Å². The van der Waals surface area contributed by atoms with Gasteiger partial charge in [-0.2, -0.15) is 4.31 Å². The van der Waals surface area contributed by atoms with Crippen molar-refractivity contribution in [3.63, 3.8) is 0 Å². The van der Waals surface area contributed by atoms with E-state index in [4.69, 9.17) is 14.9 Å². The Kier molecular flexibility index (Phi) is 7.43. The number of rotatable bonds is 3. The molecule has 2 N–H and O–H groups in total. The van der Waals surface area contributed by atoms with Gasteiger partial charge in [-0.3, -0.25) is 15.7 Å². The molecule has 0 bridgehead atoms. The van der Waals surface area contributed by atoms with Gasteiger partial charge in [-0.1, -0.05) is 6.07 Å². The van der Waals surface area contributed by atoms with Crippen molar-refractivity contribution < 1.29 is 19.1 Å². The van der Waals surface area contributed by atoms with Gasteiger partial charge in [0.15, 0.2) is 0 Å². The zero-order chi connectivity index (χ0) is 20.0. The number of amides is 2. The smallest absolute Gasteiger partial charge is 0.427 e. The molecule has 1 heterocycles. The van der Waals surface area contributed by atoms with E-state index in [1.165, 1.54) is 0 Å². The number of ether oxygens (including phenoxy) is 2. The average Bonchev–Trinajstić information content (AvgIpc) is 2.44. The predicted molar refractivity (Wildman–Crippen MR) is 101 cm³/mol. The van der Waals surface area contributed by atoms with Crippen molar-refractivity contribution in [1.29, 1.82) is 5.41 Å². The van der Waals surface area contributed by atoms with Crippen molar-refractivity contribution in [2.45, 2.75) is 58.5 Å². The van der Waals surface area contributed by atoms with Gasteiger partial charge in [0.2, 0.25) is 5.96 Å². The molecule has 0 aliphatic rings. The summed E-state index contributed by atoms with van der Waals surface area (Å²) in [6, 6.07) is 5.40. The van der Waals surface area contributed by atoms with Crippen molar-refractivity contribution in [3.05, 3.63) is 30.1 Å². The van der Waals surface area contributed by atoms with Gasteiger partial charge in [0.1, 0.15) is 11.2 Å². The maximum Gasteiger partial charge on any atom is 0.427 e. The summed E-state index contributed by atoms with van der Waals surface area (Å²) in [5.74, 6) is -0.132. The molecule has 2 amide bonds. The Bertz CT molecular complexity index is 638. The molecule has 0 aliphatic heterocycles. The Morgan fingerprint density at radius 3 is 2.27 bits per heavy atom. The normalized spacial score (nSPS) is 11.5. The van der Waals surface area contributed by atoms with Gasteiger partial charge in [0.05, 0.1) is 11.4 Å². The van der Waals surface area contributed by atoms with Crippen LogP contribution in [0.4, 0.5) is 9.59 Å². The molecule has 0 aliphatic carbocycles. The second-order valence-electron chi connectivity index (χ2n) is 7.34. The Morgan fingerprint density at radius 1 is 1.15 bits per heavy atom. The van der Waals surface area contributed by atoms with Gasteiger partial charge in [-0.05, 0) is 65.6 Å². The third-order valence-corrected chi connectivity index (χ3v) is 3.46. The van der Waals surface area contributed by atoms with Crippen LogP contribution in [0, 0.1) is 5.41 Å². The lowest BCUT2D eigenvalue weighted by Crippen LogP contribution is -2.46. The minimum absolute atomic E-state index is 0.318. The number of aromatic nitrogens is 1. The Morgan fingerprint density at radius 2 is 1.77 bits per heavy atom. The minimum Gasteiger partial charge on any atom is -0.444 e. The number of alkyl carbamates (subject to hydrolysis) is 1. The second-order valence-corrected chi connectivity index (χ2v) is 8.26. The molecule has 144 valence electrons. The summed E-state index contributed by atoms with van der Waals surface area (Å²) in [4.78, 5) is 28.5. The van der Waals surface area contributed by atoms with Crippen LogP contribution >= 0.6 is 11.9 Å². The maximum absolute atomic E-state index is 12.4. The molecule has 0 unspecified atom stereocenters. The minimum atomic E-state index is -0.825. The Balaban J connectivity index is 2.83. The molecule has 0 aromatic carbocycles. The number of carbonyl (C=O) groups excluding carboxylic acids is 2. The third kappa shape index (κ3) is 8.70. The summed E-state index contributed by atoms with van der Waals surface area (Å²) >= 11 is 0.993. The van der Waals surface area contributed by atoms with Gasteiger partial charge in [-0.15, -0.1) is 0 Å². The lowest BCUT2D eigenvalue weighted by Gasteiger charge is -2.27. The molecule has 1 rings (SSSR count). The van der Waals surface area contributed by atoms with Crippen molar-refractivity contribution in [2.24, 2.45) is 0 Å². The van der Waals surface area contributed by atoms with Gasteiger partial charge in [0.25, 0.3) is 0 Å². The predicted octanol–water partition coefficient (Wildman–Crippen LogP) is 3.93. The summed E-state index contributed by atoms with van der Waals surface area (Å²) in [6.45, 7) is 10.3. The molecule has 0 fully saturated rings. The number of carbonyl (C=O) groups is 2. The summed E-state index contributed by atoms with van der Waals surface area (Å²) < 4.78 is 11.4. The first kappa shape index (κ1) is 21.8. The number of guanidine groups is 1. The van der Waals surface area contributed by atoms with Crippen molar-refractivity contribution in [2.75, 3.05) is 0 Å². The zero-order valence-electron chi connectivity index (χ0n) is 16.0. The van der Waals surface area contributed by atoms with Crippen LogP contribution < -0.4 is 5.32 Å². The standard InChI is InChI=1S/C17H26N4O4S/c1-16(2,3)24-14(22)20-13(18)21(15(23)25-17(4,5)6)26-11-12-9-7-8-10-19-12/h7-10H,11H2,1-6H3,(H2,18,20,22). The molecule has 0 atom stereocenters. The quantitative estimate of drug-likeness (QED) is 0.466. The molecular weight excluding hydrogens is 356 g/mol. The summed E-state index contributed by atoms with van der Waals surface area (Å²) in [7, 11) is 0. The van der Waals surface area contributed by atoms with Gasteiger partial charge >= 0.3 is 12.2 Å². The monoisotopic (exact) mass is 382 g/mol. The molecule has 1 aromatic rings. The molecule has 0 saturated heterocycles. The summed E-state index contributed by atoms with van der Waals surface area (Å²) in [6.07, 6.45) is 0.0480. The number of pyridine rings is 1. The number of nitrogens with zero attached hydrogens (tertiary/aromatic N) is 2. The molecule has 0 saturated carbocycles. The average molecular weight is 382 g/mol. The highest BCUT2D eigenvalue weighted by molar-refractivity contribution is 7.97. The van der Waals surface area contributed by atoms with E-state index < -0.39 is 29.3 Å². The SMILES string of the molecule is CC(C)(C)OC(=O)NC(=N)N(SCc1ccccn1)C(=O)OC(C)(C)C. The maximum atomic E-state index is 12.4. The van der Waals surface area contributed by atoms with Crippen LogP contribution in [0.1, 0.15) is 47.2 Å². The van der Waals surface area contributed by atoms with Crippen LogP contribution in [0.25, 0.3) is 0 Å². The highest BCUT2D eigenvalue weighted by Crippen LogP contribution is 2.20. The van der Waals surface area contributed by atoms with E-state index >= 15 is 0 Å². The summed E-state index contributed by atoms with van der Waals surface area (Å²) in [5.41, 5.74) is -0.744.